The molecule has 136 valence electrons. The van der Waals surface area contributed by atoms with Crippen molar-refractivity contribution in [2.45, 2.75) is 26.3 Å². The van der Waals surface area contributed by atoms with Gasteiger partial charge in [0.25, 0.3) is 5.91 Å². The van der Waals surface area contributed by atoms with Gasteiger partial charge < -0.3 is 19.2 Å². The Bertz CT molecular complexity index is 755. The Kier molecular flexibility index (Phi) is 6.75. The van der Waals surface area contributed by atoms with E-state index in [0.717, 1.165) is 16.9 Å². The number of hydrogen-bond acceptors (Lipinski definition) is 6. The smallest absolute Gasteiger partial charge is 0.328 e. The van der Waals surface area contributed by atoms with Crippen LogP contribution in [0, 0.1) is 6.92 Å². The molecule has 0 fully saturated rings. The molecule has 0 aliphatic carbocycles. The summed E-state index contributed by atoms with van der Waals surface area (Å²) in [6.45, 7) is 4.28. The first-order valence-electron chi connectivity index (χ1n) is 8.05. The second kappa shape index (κ2) is 8.80. The number of furan rings is 1. The summed E-state index contributed by atoms with van der Waals surface area (Å²) in [4.78, 5) is 24.5. The molecule has 1 heterocycles. The molecule has 0 aliphatic rings. The third kappa shape index (κ3) is 4.48. The number of carbonyl (C=O) groups is 2. The number of aryl methyl sites for hydroxylation is 1. The second-order valence-electron chi connectivity index (χ2n) is 5.48. The van der Waals surface area contributed by atoms with Crippen LogP contribution in [-0.4, -0.2) is 43.6 Å². The lowest BCUT2D eigenvalue weighted by Gasteiger charge is -2.15. The van der Waals surface area contributed by atoms with Crippen LogP contribution in [0.25, 0.3) is 11.0 Å². The van der Waals surface area contributed by atoms with Gasteiger partial charge in [-0.3, -0.25) is 4.79 Å². The van der Waals surface area contributed by atoms with Gasteiger partial charge in [0.1, 0.15) is 17.4 Å². The fraction of sp³-hybridized carbons (Fsp3) is 0.444. The largest absolute Gasteiger partial charge is 0.494 e. The maximum absolute atomic E-state index is 12.6. The van der Waals surface area contributed by atoms with Crippen molar-refractivity contribution in [1.82, 2.24) is 5.32 Å². The summed E-state index contributed by atoms with van der Waals surface area (Å²) >= 11 is 1.60. The summed E-state index contributed by atoms with van der Waals surface area (Å²) < 4.78 is 15.9. The monoisotopic (exact) mass is 365 g/mol. The van der Waals surface area contributed by atoms with Gasteiger partial charge in [0, 0.05) is 10.9 Å². The molecule has 1 atom stereocenters. The fourth-order valence-electron chi connectivity index (χ4n) is 2.52. The van der Waals surface area contributed by atoms with Crippen molar-refractivity contribution in [3.05, 3.63) is 29.5 Å². The summed E-state index contributed by atoms with van der Waals surface area (Å²) in [5.74, 6) is 0.759. The molecule has 1 N–H and O–H groups in total. The predicted octanol–water partition coefficient (Wildman–Crippen LogP) is 3.16. The molecule has 0 radical (unpaired) electrons. The van der Waals surface area contributed by atoms with E-state index in [9.17, 15) is 9.59 Å². The zero-order valence-electron chi connectivity index (χ0n) is 14.9. The Morgan fingerprint density at radius 3 is 2.76 bits per heavy atom. The highest BCUT2D eigenvalue weighted by Crippen LogP contribution is 2.29. The van der Waals surface area contributed by atoms with E-state index in [1.165, 1.54) is 7.11 Å². The van der Waals surface area contributed by atoms with Crippen LogP contribution in [0.4, 0.5) is 0 Å². The summed E-state index contributed by atoms with van der Waals surface area (Å²) in [5, 5.41) is 3.52. The van der Waals surface area contributed by atoms with Crippen molar-refractivity contribution in [3.63, 3.8) is 0 Å². The molecule has 7 heteroatoms. The fourth-order valence-corrected chi connectivity index (χ4v) is 3.00. The molecule has 2 aromatic rings. The van der Waals surface area contributed by atoms with Gasteiger partial charge >= 0.3 is 5.97 Å². The predicted molar refractivity (Wildman–Crippen MR) is 98.4 cm³/mol. The molecule has 0 aliphatic heterocycles. The average Bonchev–Trinajstić information content (AvgIpc) is 2.94. The standard InChI is InChI=1S/C18H23NO5S/c1-5-23-12-6-7-15-13(10-12)11(2)16(24-15)17(20)19-14(8-9-25-4)18(21)22-3/h6-7,10,14H,5,8-9H2,1-4H3,(H,19,20)/t14-/m1/s1. The van der Waals surface area contributed by atoms with Crippen molar-refractivity contribution in [2.75, 3.05) is 25.7 Å². The first-order chi connectivity index (χ1) is 12.0. The maximum atomic E-state index is 12.6. The van der Waals surface area contributed by atoms with Crippen molar-refractivity contribution in [1.29, 1.82) is 0 Å². The SMILES string of the molecule is CCOc1ccc2oc(C(=O)N[C@H](CCSC)C(=O)OC)c(C)c2c1. The van der Waals surface area contributed by atoms with Gasteiger partial charge in [-0.1, -0.05) is 0 Å². The summed E-state index contributed by atoms with van der Waals surface area (Å²) in [7, 11) is 1.31. The van der Waals surface area contributed by atoms with Crippen molar-refractivity contribution in [2.24, 2.45) is 0 Å². The molecule has 6 nitrogen and oxygen atoms in total. The number of hydrogen-bond donors (Lipinski definition) is 1. The molecule has 0 saturated carbocycles. The molecule has 1 aromatic heterocycles. The lowest BCUT2D eigenvalue weighted by Crippen LogP contribution is -2.42. The number of amides is 1. The molecule has 0 saturated heterocycles. The minimum atomic E-state index is -0.698. The van der Waals surface area contributed by atoms with Gasteiger partial charge in [0.05, 0.1) is 13.7 Å². The number of carbonyl (C=O) groups excluding carboxylic acids is 2. The van der Waals surface area contributed by atoms with E-state index in [1.807, 2.05) is 26.2 Å². The van der Waals surface area contributed by atoms with Gasteiger partial charge in [-0.25, -0.2) is 4.79 Å². The van der Waals surface area contributed by atoms with Gasteiger partial charge in [0.2, 0.25) is 0 Å². The first kappa shape index (κ1) is 19.2. The zero-order valence-corrected chi connectivity index (χ0v) is 15.7. The number of nitrogens with one attached hydrogen (secondary N) is 1. The molecular formula is C18H23NO5S. The van der Waals surface area contributed by atoms with Crippen LogP contribution in [0.15, 0.2) is 22.6 Å². The van der Waals surface area contributed by atoms with Crippen molar-refractivity contribution < 1.29 is 23.5 Å². The third-order valence-corrected chi connectivity index (χ3v) is 4.47. The highest BCUT2D eigenvalue weighted by molar-refractivity contribution is 7.98. The van der Waals surface area contributed by atoms with Crippen LogP contribution in [-0.2, 0) is 9.53 Å². The third-order valence-electron chi connectivity index (χ3n) is 3.83. The molecule has 1 amide bonds. The van der Waals surface area contributed by atoms with E-state index >= 15 is 0 Å². The molecule has 0 spiro atoms. The van der Waals surface area contributed by atoms with E-state index in [1.54, 1.807) is 23.9 Å². The Balaban J connectivity index is 2.25. The second-order valence-corrected chi connectivity index (χ2v) is 6.46. The van der Waals surface area contributed by atoms with Crippen molar-refractivity contribution >= 4 is 34.6 Å². The minimum absolute atomic E-state index is 0.196. The number of rotatable bonds is 8. The van der Waals surface area contributed by atoms with Gasteiger partial charge in [-0.05, 0) is 50.5 Å². The van der Waals surface area contributed by atoms with Crippen LogP contribution in [0.5, 0.6) is 5.75 Å². The van der Waals surface area contributed by atoms with Crippen LogP contribution >= 0.6 is 11.8 Å². The average molecular weight is 365 g/mol. The van der Waals surface area contributed by atoms with Crippen LogP contribution < -0.4 is 10.1 Å². The summed E-state index contributed by atoms with van der Waals surface area (Å²) in [5.41, 5.74) is 1.31. The Morgan fingerprint density at radius 1 is 1.36 bits per heavy atom. The number of fused-ring (bicyclic) bond motifs is 1. The molecular weight excluding hydrogens is 342 g/mol. The maximum Gasteiger partial charge on any atom is 0.328 e. The number of ether oxygens (including phenoxy) is 2. The van der Waals surface area contributed by atoms with Gasteiger partial charge in [-0.2, -0.15) is 11.8 Å². The zero-order chi connectivity index (χ0) is 18.4. The Labute approximate surface area is 151 Å². The summed E-state index contributed by atoms with van der Waals surface area (Å²) in [6.07, 6.45) is 2.43. The molecule has 25 heavy (non-hydrogen) atoms. The van der Waals surface area contributed by atoms with Crippen LogP contribution in [0.1, 0.15) is 29.5 Å². The minimum Gasteiger partial charge on any atom is -0.494 e. The topological polar surface area (TPSA) is 77.8 Å². The van der Waals surface area contributed by atoms with E-state index in [4.69, 9.17) is 13.9 Å². The highest BCUT2D eigenvalue weighted by atomic mass is 32.2. The van der Waals surface area contributed by atoms with E-state index in [2.05, 4.69) is 5.32 Å². The number of benzene rings is 1. The summed E-state index contributed by atoms with van der Waals surface area (Å²) in [6, 6.07) is 4.72. The number of esters is 1. The van der Waals surface area contributed by atoms with Crippen LogP contribution in [0.3, 0.4) is 0 Å². The lowest BCUT2D eigenvalue weighted by molar-refractivity contribution is -0.142. The molecule has 0 unspecified atom stereocenters. The number of thioether (sulfide) groups is 1. The van der Waals surface area contributed by atoms with E-state index in [-0.39, 0.29) is 5.76 Å². The van der Waals surface area contributed by atoms with E-state index < -0.39 is 17.9 Å². The molecule has 0 bridgehead atoms. The van der Waals surface area contributed by atoms with Gasteiger partial charge in [0.15, 0.2) is 5.76 Å². The quantitative estimate of drug-likeness (QED) is 0.724. The molecule has 2 rings (SSSR count). The molecule has 1 aromatic carbocycles. The Hall–Kier alpha value is -2.15. The van der Waals surface area contributed by atoms with Crippen molar-refractivity contribution in [3.8, 4) is 5.75 Å². The first-order valence-corrected chi connectivity index (χ1v) is 9.44. The highest BCUT2D eigenvalue weighted by Gasteiger charge is 2.25. The Morgan fingerprint density at radius 2 is 2.12 bits per heavy atom. The lowest BCUT2D eigenvalue weighted by atomic mass is 10.1. The normalized spacial score (nSPS) is 12.0. The van der Waals surface area contributed by atoms with Gasteiger partial charge in [-0.15, -0.1) is 0 Å². The number of methoxy groups -OCH3 is 1. The van der Waals surface area contributed by atoms with E-state index in [0.29, 0.717) is 24.2 Å². The van der Waals surface area contributed by atoms with Crippen LogP contribution in [0.2, 0.25) is 0 Å².